The Morgan fingerprint density at radius 1 is 1.08 bits per heavy atom. The number of hydrogen-bond donors (Lipinski definition) is 0. The van der Waals surface area contributed by atoms with Gasteiger partial charge in [0.25, 0.3) is 11.8 Å². The van der Waals surface area contributed by atoms with Gasteiger partial charge in [-0.3, -0.25) is 0 Å². The maximum absolute atomic E-state index is 12.9. The van der Waals surface area contributed by atoms with E-state index in [9.17, 15) is 22.0 Å². The molecular formula is C7H9F5. The van der Waals surface area contributed by atoms with E-state index in [1.165, 1.54) is 0 Å². The highest BCUT2D eigenvalue weighted by atomic mass is 19.3. The van der Waals surface area contributed by atoms with E-state index in [0.29, 0.717) is 0 Å². The lowest BCUT2D eigenvalue weighted by molar-refractivity contribution is -0.200. The molecule has 1 aliphatic rings. The molecule has 0 amide bonds. The Morgan fingerprint density at radius 2 is 1.50 bits per heavy atom. The zero-order valence-corrected chi connectivity index (χ0v) is 6.67. The van der Waals surface area contributed by atoms with Crippen molar-refractivity contribution in [1.82, 2.24) is 0 Å². The van der Waals surface area contributed by atoms with Crippen LogP contribution in [0.5, 0.6) is 0 Å². The van der Waals surface area contributed by atoms with Crippen LogP contribution in [0.25, 0.3) is 0 Å². The van der Waals surface area contributed by atoms with E-state index in [2.05, 4.69) is 0 Å². The Kier molecular flexibility index (Phi) is 1.72. The molecule has 0 spiro atoms. The van der Waals surface area contributed by atoms with Crippen molar-refractivity contribution in [2.75, 3.05) is 0 Å². The Morgan fingerprint density at radius 3 is 1.58 bits per heavy atom. The van der Waals surface area contributed by atoms with Crippen LogP contribution in [0.1, 0.15) is 20.3 Å². The fourth-order valence-corrected chi connectivity index (χ4v) is 1.41. The quantitative estimate of drug-likeness (QED) is 0.512. The second kappa shape index (κ2) is 2.12. The van der Waals surface area contributed by atoms with Gasteiger partial charge in [0.2, 0.25) is 5.67 Å². The van der Waals surface area contributed by atoms with Gasteiger partial charge < -0.3 is 0 Å². The summed E-state index contributed by atoms with van der Waals surface area (Å²) in [5, 5.41) is 0. The summed E-state index contributed by atoms with van der Waals surface area (Å²) in [6, 6.07) is 0. The Balaban J connectivity index is 3.10. The van der Waals surface area contributed by atoms with Crippen molar-refractivity contribution in [3.63, 3.8) is 0 Å². The third-order valence-electron chi connectivity index (χ3n) is 2.49. The zero-order valence-electron chi connectivity index (χ0n) is 6.67. The van der Waals surface area contributed by atoms with E-state index in [1.54, 1.807) is 0 Å². The molecule has 1 saturated carbocycles. The van der Waals surface area contributed by atoms with Crippen molar-refractivity contribution in [1.29, 1.82) is 0 Å². The molecule has 0 aromatic carbocycles. The number of alkyl halides is 5. The second-order valence-electron chi connectivity index (χ2n) is 3.44. The predicted octanol–water partition coefficient (Wildman–Crippen LogP) is 3.03. The molecule has 0 bridgehead atoms. The summed E-state index contributed by atoms with van der Waals surface area (Å²) >= 11 is 0. The normalized spacial score (nSPS) is 44.8. The Labute approximate surface area is 66.8 Å². The summed E-state index contributed by atoms with van der Waals surface area (Å²) < 4.78 is 63.7. The first-order chi connectivity index (χ1) is 5.13. The van der Waals surface area contributed by atoms with Crippen molar-refractivity contribution in [3.05, 3.63) is 0 Å². The van der Waals surface area contributed by atoms with E-state index in [1.807, 2.05) is 0 Å². The van der Waals surface area contributed by atoms with Crippen LogP contribution in [0, 0.1) is 5.92 Å². The minimum atomic E-state index is -3.93. The standard InChI is InChI=1S/C7H9F5/c1-4-3-6(9,10)5(2,8)7(4,11)12/h4H,3H2,1-2H3. The lowest BCUT2D eigenvalue weighted by Gasteiger charge is -2.28. The summed E-state index contributed by atoms with van der Waals surface area (Å²) in [5.41, 5.74) is -3.71. The van der Waals surface area contributed by atoms with Gasteiger partial charge in [-0.05, 0) is 6.92 Å². The topological polar surface area (TPSA) is 0 Å². The highest BCUT2D eigenvalue weighted by Crippen LogP contribution is 2.57. The van der Waals surface area contributed by atoms with Crippen molar-refractivity contribution < 1.29 is 22.0 Å². The minimum Gasteiger partial charge on any atom is -0.231 e. The van der Waals surface area contributed by atoms with Crippen LogP contribution >= 0.6 is 0 Å². The van der Waals surface area contributed by atoms with E-state index in [-0.39, 0.29) is 6.92 Å². The van der Waals surface area contributed by atoms with Crippen molar-refractivity contribution in [3.8, 4) is 0 Å². The summed E-state index contributed by atoms with van der Waals surface area (Å²) in [6.45, 7) is 1.19. The molecule has 2 atom stereocenters. The highest BCUT2D eigenvalue weighted by molar-refractivity contribution is 5.10. The lowest BCUT2D eigenvalue weighted by Crippen LogP contribution is -2.48. The SMILES string of the molecule is CC1CC(F)(F)C(C)(F)C1(F)F. The molecule has 5 heteroatoms. The first-order valence-electron chi connectivity index (χ1n) is 3.57. The fourth-order valence-electron chi connectivity index (χ4n) is 1.41. The van der Waals surface area contributed by atoms with Crippen LogP contribution in [0.4, 0.5) is 22.0 Å². The summed E-state index contributed by atoms with van der Waals surface area (Å²) in [7, 11) is 0. The van der Waals surface area contributed by atoms with Gasteiger partial charge in [0.05, 0.1) is 0 Å². The highest BCUT2D eigenvalue weighted by Gasteiger charge is 2.74. The van der Waals surface area contributed by atoms with Gasteiger partial charge in [-0.25, -0.2) is 22.0 Å². The summed E-state index contributed by atoms with van der Waals surface area (Å²) in [6.07, 6.45) is -1.09. The molecule has 0 aromatic rings. The largest absolute Gasteiger partial charge is 0.289 e. The maximum Gasteiger partial charge on any atom is 0.289 e. The van der Waals surface area contributed by atoms with Gasteiger partial charge in [0, 0.05) is 12.3 Å². The smallest absolute Gasteiger partial charge is 0.231 e. The Bertz CT molecular complexity index is 196. The van der Waals surface area contributed by atoms with Crippen LogP contribution in [0.2, 0.25) is 0 Å². The van der Waals surface area contributed by atoms with E-state index >= 15 is 0 Å². The summed E-state index contributed by atoms with van der Waals surface area (Å²) in [5.74, 6) is -9.46. The van der Waals surface area contributed by atoms with Crippen LogP contribution < -0.4 is 0 Å². The van der Waals surface area contributed by atoms with E-state index in [4.69, 9.17) is 0 Å². The molecule has 1 rings (SSSR count). The molecule has 0 nitrogen and oxygen atoms in total. The van der Waals surface area contributed by atoms with Crippen molar-refractivity contribution in [2.45, 2.75) is 37.8 Å². The molecule has 0 saturated heterocycles. The molecule has 1 aliphatic carbocycles. The molecule has 12 heavy (non-hydrogen) atoms. The van der Waals surface area contributed by atoms with Crippen LogP contribution in [-0.2, 0) is 0 Å². The average Bonchev–Trinajstić information content (AvgIpc) is 1.92. The molecule has 1 fully saturated rings. The molecular weight excluding hydrogens is 179 g/mol. The van der Waals surface area contributed by atoms with E-state index in [0.717, 1.165) is 6.92 Å². The van der Waals surface area contributed by atoms with Crippen LogP contribution in [0.3, 0.4) is 0 Å². The molecule has 72 valence electrons. The minimum absolute atomic E-state index is 0.260. The monoisotopic (exact) mass is 188 g/mol. The molecule has 0 radical (unpaired) electrons. The van der Waals surface area contributed by atoms with E-state index < -0.39 is 29.9 Å². The molecule has 0 N–H and O–H groups in total. The van der Waals surface area contributed by atoms with Gasteiger partial charge in [0.15, 0.2) is 0 Å². The lowest BCUT2D eigenvalue weighted by atomic mass is 9.99. The van der Waals surface area contributed by atoms with Gasteiger partial charge in [-0.15, -0.1) is 0 Å². The maximum atomic E-state index is 12.9. The molecule has 2 unspecified atom stereocenters. The predicted molar refractivity (Wildman–Crippen MR) is 33.2 cm³/mol. The van der Waals surface area contributed by atoms with Crippen molar-refractivity contribution >= 4 is 0 Å². The second-order valence-corrected chi connectivity index (χ2v) is 3.44. The van der Waals surface area contributed by atoms with Crippen molar-refractivity contribution in [2.24, 2.45) is 5.92 Å². The fraction of sp³-hybridized carbons (Fsp3) is 1.00. The first kappa shape index (κ1) is 9.74. The van der Waals surface area contributed by atoms with Gasteiger partial charge in [-0.1, -0.05) is 6.92 Å². The Hall–Kier alpha value is -0.350. The van der Waals surface area contributed by atoms with Gasteiger partial charge >= 0.3 is 0 Å². The number of hydrogen-bond acceptors (Lipinski definition) is 0. The molecule has 0 aromatic heterocycles. The van der Waals surface area contributed by atoms with Gasteiger partial charge in [0.1, 0.15) is 0 Å². The number of halogens is 5. The number of rotatable bonds is 0. The zero-order chi connectivity index (χ0) is 9.78. The third-order valence-corrected chi connectivity index (χ3v) is 2.49. The van der Waals surface area contributed by atoms with Crippen LogP contribution in [0.15, 0.2) is 0 Å². The van der Waals surface area contributed by atoms with Crippen LogP contribution in [-0.4, -0.2) is 17.5 Å². The third kappa shape index (κ3) is 0.880. The first-order valence-corrected chi connectivity index (χ1v) is 3.57. The molecule has 0 heterocycles. The molecule has 0 aliphatic heterocycles. The van der Waals surface area contributed by atoms with Gasteiger partial charge in [-0.2, -0.15) is 0 Å². The summed E-state index contributed by atoms with van der Waals surface area (Å²) in [4.78, 5) is 0. The average molecular weight is 188 g/mol.